The zero-order chi connectivity index (χ0) is 9.80. The van der Waals surface area contributed by atoms with Gasteiger partial charge >= 0.3 is 0 Å². The molecule has 1 aliphatic rings. The molecule has 1 fully saturated rings. The molecule has 0 radical (unpaired) electrons. The molecule has 76 valence electrons. The van der Waals surface area contributed by atoms with Gasteiger partial charge in [-0.15, -0.1) is 0 Å². The van der Waals surface area contributed by atoms with E-state index in [1.54, 1.807) is 0 Å². The number of ether oxygens (including phenoxy) is 1. The third-order valence-corrected chi connectivity index (χ3v) is 2.66. The van der Waals surface area contributed by atoms with Gasteiger partial charge < -0.3 is 4.74 Å². The molecule has 3 heteroatoms. The molecule has 1 unspecified atom stereocenters. The Morgan fingerprint density at radius 2 is 2.29 bits per heavy atom. The van der Waals surface area contributed by atoms with Crippen molar-refractivity contribution in [1.29, 1.82) is 0 Å². The normalized spacial score (nSPS) is 21.4. The van der Waals surface area contributed by atoms with Gasteiger partial charge in [0, 0.05) is 12.5 Å². The van der Waals surface area contributed by atoms with Crippen LogP contribution in [0.1, 0.15) is 23.5 Å². The fraction of sp³-hybridized carbons (Fsp3) is 0.455. The van der Waals surface area contributed by atoms with Crippen LogP contribution >= 0.6 is 0 Å². The molecule has 3 nitrogen and oxygen atoms in total. The molecule has 1 aromatic rings. The van der Waals surface area contributed by atoms with E-state index >= 15 is 0 Å². The van der Waals surface area contributed by atoms with E-state index in [2.05, 4.69) is 17.0 Å². The first-order chi connectivity index (χ1) is 6.92. The molecule has 0 saturated carbocycles. The molecular formula is C11H15NO2. The molecule has 1 saturated heterocycles. The van der Waals surface area contributed by atoms with Crippen LogP contribution in [0.25, 0.3) is 0 Å². The molecule has 1 heterocycles. The Morgan fingerprint density at radius 3 is 3.00 bits per heavy atom. The van der Waals surface area contributed by atoms with Crippen LogP contribution in [0.2, 0.25) is 0 Å². The van der Waals surface area contributed by atoms with Crippen molar-refractivity contribution in [3.8, 4) is 0 Å². The van der Waals surface area contributed by atoms with Gasteiger partial charge in [0.15, 0.2) is 0 Å². The van der Waals surface area contributed by atoms with Crippen LogP contribution < -0.4 is 5.90 Å². The lowest BCUT2D eigenvalue weighted by Gasteiger charge is -2.12. The molecule has 1 aliphatic heterocycles. The summed E-state index contributed by atoms with van der Waals surface area (Å²) in [4.78, 5) is 4.69. The monoisotopic (exact) mass is 193 g/mol. The van der Waals surface area contributed by atoms with Crippen molar-refractivity contribution >= 4 is 0 Å². The topological polar surface area (TPSA) is 44.5 Å². The quantitative estimate of drug-likeness (QED) is 0.741. The van der Waals surface area contributed by atoms with Gasteiger partial charge in [-0.05, 0) is 17.5 Å². The maximum Gasteiger partial charge on any atom is 0.0932 e. The number of nitrogens with two attached hydrogens (primary N) is 1. The van der Waals surface area contributed by atoms with E-state index in [0.29, 0.717) is 12.5 Å². The fourth-order valence-electron chi connectivity index (χ4n) is 1.93. The van der Waals surface area contributed by atoms with Crippen molar-refractivity contribution in [3.05, 3.63) is 35.4 Å². The highest BCUT2D eigenvalue weighted by molar-refractivity contribution is 5.30. The van der Waals surface area contributed by atoms with E-state index in [4.69, 9.17) is 10.6 Å². The van der Waals surface area contributed by atoms with Gasteiger partial charge in [-0.3, -0.25) is 4.84 Å². The first-order valence-corrected chi connectivity index (χ1v) is 4.89. The minimum absolute atomic E-state index is 0.479. The van der Waals surface area contributed by atoms with Crippen LogP contribution in [0.3, 0.4) is 0 Å². The lowest BCUT2D eigenvalue weighted by molar-refractivity contribution is 0.123. The third kappa shape index (κ3) is 1.95. The van der Waals surface area contributed by atoms with E-state index in [0.717, 1.165) is 19.6 Å². The van der Waals surface area contributed by atoms with E-state index in [-0.39, 0.29) is 0 Å². The van der Waals surface area contributed by atoms with Gasteiger partial charge in [0.2, 0.25) is 0 Å². The second-order valence-corrected chi connectivity index (χ2v) is 3.57. The van der Waals surface area contributed by atoms with Gasteiger partial charge in [0.25, 0.3) is 0 Å². The first kappa shape index (κ1) is 9.65. The second-order valence-electron chi connectivity index (χ2n) is 3.57. The SMILES string of the molecule is NOCc1ccccc1C1CCOC1. The molecule has 14 heavy (non-hydrogen) atoms. The van der Waals surface area contributed by atoms with Gasteiger partial charge in [-0.25, -0.2) is 5.90 Å². The smallest absolute Gasteiger partial charge is 0.0932 e. The summed E-state index contributed by atoms with van der Waals surface area (Å²) >= 11 is 0. The molecule has 1 atom stereocenters. The minimum Gasteiger partial charge on any atom is -0.381 e. The lowest BCUT2D eigenvalue weighted by Crippen LogP contribution is -2.06. The van der Waals surface area contributed by atoms with Crippen molar-refractivity contribution in [1.82, 2.24) is 0 Å². The fourth-order valence-corrected chi connectivity index (χ4v) is 1.93. The molecule has 0 bridgehead atoms. The van der Waals surface area contributed by atoms with E-state index in [1.165, 1.54) is 11.1 Å². The summed E-state index contributed by atoms with van der Waals surface area (Å²) in [6, 6.07) is 8.25. The predicted octanol–water partition coefficient (Wildman–Crippen LogP) is 1.58. The highest BCUT2D eigenvalue weighted by Crippen LogP contribution is 2.27. The number of rotatable bonds is 3. The Balaban J connectivity index is 2.21. The Kier molecular flexibility index (Phi) is 3.14. The summed E-state index contributed by atoms with van der Waals surface area (Å²) < 4.78 is 5.37. The molecule has 0 aliphatic carbocycles. The number of benzene rings is 1. The average molecular weight is 193 g/mol. The Hall–Kier alpha value is -0.900. The molecule has 2 N–H and O–H groups in total. The highest BCUT2D eigenvalue weighted by atomic mass is 16.6. The molecule has 0 spiro atoms. The van der Waals surface area contributed by atoms with Gasteiger partial charge in [0.1, 0.15) is 0 Å². The summed E-state index contributed by atoms with van der Waals surface area (Å²) in [5, 5.41) is 0. The van der Waals surface area contributed by atoms with E-state index < -0.39 is 0 Å². The van der Waals surface area contributed by atoms with Crippen LogP contribution in [0, 0.1) is 0 Å². The summed E-state index contributed by atoms with van der Waals surface area (Å²) in [6.45, 7) is 2.16. The van der Waals surface area contributed by atoms with Gasteiger partial charge in [0.05, 0.1) is 13.2 Å². The number of hydrogen-bond donors (Lipinski definition) is 1. The van der Waals surface area contributed by atoms with Crippen molar-refractivity contribution < 1.29 is 9.57 Å². The van der Waals surface area contributed by atoms with Crippen LogP contribution in [-0.2, 0) is 16.2 Å². The standard InChI is InChI=1S/C11H15NO2/c12-14-8-9-3-1-2-4-11(9)10-5-6-13-7-10/h1-4,10H,5-8,12H2. The van der Waals surface area contributed by atoms with E-state index in [9.17, 15) is 0 Å². The summed E-state index contributed by atoms with van der Waals surface area (Å²) in [5.74, 6) is 5.61. The van der Waals surface area contributed by atoms with E-state index in [1.807, 2.05) is 12.1 Å². The van der Waals surface area contributed by atoms with Crippen LogP contribution in [0.15, 0.2) is 24.3 Å². The molecule has 1 aromatic carbocycles. The summed E-state index contributed by atoms with van der Waals surface area (Å²) in [5.41, 5.74) is 2.49. The van der Waals surface area contributed by atoms with Crippen molar-refractivity contribution in [2.75, 3.05) is 13.2 Å². The average Bonchev–Trinajstić information content (AvgIpc) is 2.72. The Morgan fingerprint density at radius 1 is 1.43 bits per heavy atom. The maximum absolute atomic E-state index is 5.37. The van der Waals surface area contributed by atoms with Gasteiger partial charge in [-0.1, -0.05) is 24.3 Å². The first-order valence-electron chi connectivity index (χ1n) is 4.89. The van der Waals surface area contributed by atoms with Crippen LogP contribution in [0.5, 0.6) is 0 Å². The number of hydrogen-bond acceptors (Lipinski definition) is 3. The second kappa shape index (κ2) is 4.55. The summed E-state index contributed by atoms with van der Waals surface area (Å²) in [7, 11) is 0. The molecule has 0 amide bonds. The highest BCUT2D eigenvalue weighted by Gasteiger charge is 2.19. The molecular weight excluding hydrogens is 178 g/mol. The van der Waals surface area contributed by atoms with Crippen LogP contribution in [0.4, 0.5) is 0 Å². The molecule has 0 aromatic heterocycles. The van der Waals surface area contributed by atoms with Gasteiger partial charge in [-0.2, -0.15) is 0 Å². The summed E-state index contributed by atoms with van der Waals surface area (Å²) in [6.07, 6.45) is 1.10. The van der Waals surface area contributed by atoms with Crippen molar-refractivity contribution in [2.24, 2.45) is 5.90 Å². The van der Waals surface area contributed by atoms with Crippen molar-refractivity contribution in [3.63, 3.8) is 0 Å². The maximum atomic E-state index is 5.37. The minimum atomic E-state index is 0.479. The Labute approximate surface area is 83.8 Å². The molecule has 2 rings (SSSR count). The Bertz CT molecular complexity index is 295. The van der Waals surface area contributed by atoms with Crippen molar-refractivity contribution in [2.45, 2.75) is 18.9 Å². The zero-order valence-corrected chi connectivity index (χ0v) is 8.11. The largest absolute Gasteiger partial charge is 0.381 e. The zero-order valence-electron chi connectivity index (χ0n) is 8.11. The third-order valence-electron chi connectivity index (χ3n) is 2.66. The predicted molar refractivity (Wildman–Crippen MR) is 53.6 cm³/mol. The van der Waals surface area contributed by atoms with Crippen LogP contribution in [-0.4, -0.2) is 13.2 Å². The lowest BCUT2D eigenvalue weighted by atomic mass is 9.94.